The van der Waals surface area contributed by atoms with Crippen LogP contribution in [0.15, 0.2) is 30.3 Å². The summed E-state index contributed by atoms with van der Waals surface area (Å²) in [4.78, 5) is 28.9. The largest absolute Gasteiger partial charge is 0.353 e. The third-order valence-corrected chi connectivity index (χ3v) is 5.56. The van der Waals surface area contributed by atoms with Gasteiger partial charge in [-0.1, -0.05) is 30.3 Å². The number of rotatable bonds is 7. The summed E-state index contributed by atoms with van der Waals surface area (Å²) in [6.07, 6.45) is 3.19. The van der Waals surface area contributed by atoms with Gasteiger partial charge in [-0.05, 0) is 38.7 Å². The first-order valence-corrected chi connectivity index (χ1v) is 10.1. The number of amides is 2. The normalized spacial score (nSPS) is 20.1. The Morgan fingerprint density at radius 1 is 0.963 bits per heavy atom. The molecule has 1 aliphatic heterocycles. The highest BCUT2D eigenvalue weighted by molar-refractivity contribution is 5.79. The molecule has 1 aromatic carbocycles. The molecule has 2 amide bonds. The number of hydrogen-bond acceptors (Lipinski definition) is 4. The molecule has 0 unspecified atom stereocenters. The van der Waals surface area contributed by atoms with Gasteiger partial charge in [0.15, 0.2) is 0 Å². The van der Waals surface area contributed by atoms with Gasteiger partial charge < -0.3 is 10.6 Å². The number of benzene rings is 1. The minimum absolute atomic E-state index is 0.0750. The summed E-state index contributed by atoms with van der Waals surface area (Å²) in [6, 6.07) is 10.5. The average Bonchev–Trinajstić information content (AvgIpc) is 2.60. The molecular formula is C21H32N4O2. The third kappa shape index (κ3) is 5.30. The number of piperazine rings is 1. The van der Waals surface area contributed by atoms with E-state index >= 15 is 0 Å². The molecule has 3 rings (SSSR count). The number of nitrogens with one attached hydrogen (secondary N) is 2. The molecule has 0 aromatic heterocycles. The third-order valence-electron chi connectivity index (χ3n) is 5.56. The molecule has 2 aliphatic rings. The Bertz CT molecular complexity index is 635. The van der Waals surface area contributed by atoms with Crippen molar-refractivity contribution in [2.24, 2.45) is 0 Å². The fourth-order valence-electron chi connectivity index (χ4n) is 3.96. The molecule has 1 saturated heterocycles. The van der Waals surface area contributed by atoms with Crippen LogP contribution in [0.4, 0.5) is 0 Å². The van der Waals surface area contributed by atoms with Crippen LogP contribution in [0.5, 0.6) is 0 Å². The highest BCUT2D eigenvalue weighted by Gasteiger charge is 2.40. The second-order valence-electron chi connectivity index (χ2n) is 8.12. The zero-order chi connectivity index (χ0) is 19.3. The van der Waals surface area contributed by atoms with Crippen LogP contribution in [-0.4, -0.2) is 66.9 Å². The molecule has 0 spiro atoms. The Kier molecular flexibility index (Phi) is 6.50. The van der Waals surface area contributed by atoms with E-state index in [1.807, 2.05) is 32.0 Å². The highest BCUT2D eigenvalue weighted by atomic mass is 16.2. The zero-order valence-corrected chi connectivity index (χ0v) is 16.5. The van der Waals surface area contributed by atoms with E-state index in [9.17, 15) is 9.59 Å². The van der Waals surface area contributed by atoms with E-state index in [0.717, 1.165) is 45.4 Å². The molecular weight excluding hydrogens is 340 g/mol. The standard InChI is InChI=1S/C21H32N4O2/c1-17(2)22-19(26)15-24-11-13-25(14-12-24)16-20(27)23-21(9-6-10-21)18-7-4-3-5-8-18/h3-5,7-8,17H,6,9-16H2,1-2H3,(H,22,26)(H,23,27). The van der Waals surface area contributed by atoms with E-state index in [-0.39, 0.29) is 23.4 Å². The van der Waals surface area contributed by atoms with E-state index < -0.39 is 0 Å². The van der Waals surface area contributed by atoms with Crippen molar-refractivity contribution in [1.29, 1.82) is 0 Å². The number of hydrogen-bond donors (Lipinski definition) is 2. The molecule has 2 fully saturated rings. The van der Waals surface area contributed by atoms with Crippen molar-refractivity contribution in [3.05, 3.63) is 35.9 Å². The minimum atomic E-state index is -0.172. The first kappa shape index (κ1) is 19.8. The Morgan fingerprint density at radius 3 is 2.00 bits per heavy atom. The van der Waals surface area contributed by atoms with Crippen LogP contribution >= 0.6 is 0 Å². The summed E-state index contributed by atoms with van der Waals surface area (Å²) in [5.41, 5.74) is 1.04. The zero-order valence-electron chi connectivity index (χ0n) is 16.5. The van der Waals surface area contributed by atoms with Crippen LogP contribution in [0, 0.1) is 0 Å². The molecule has 0 radical (unpaired) electrons. The summed E-state index contributed by atoms with van der Waals surface area (Å²) in [6.45, 7) is 8.10. The molecule has 27 heavy (non-hydrogen) atoms. The SMILES string of the molecule is CC(C)NC(=O)CN1CCN(CC(=O)NC2(c3ccccc3)CCC2)CC1. The van der Waals surface area contributed by atoms with E-state index in [4.69, 9.17) is 0 Å². The summed E-state index contributed by atoms with van der Waals surface area (Å²) < 4.78 is 0. The average molecular weight is 373 g/mol. The van der Waals surface area contributed by atoms with Crippen molar-refractivity contribution in [3.8, 4) is 0 Å². The van der Waals surface area contributed by atoms with Gasteiger partial charge in [0.2, 0.25) is 11.8 Å². The van der Waals surface area contributed by atoms with Gasteiger partial charge in [0.05, 0.1) is 18.6 Å². The maximum Gasteiger partial charge on any atom is 0.234 e. The highest BCUT2D eigenvalue weighted by Crippen LogP contribution is 2.41. The predicted octanol–water partition coefficient (Wildman–Crippen LogP) is 1.32. The van der Waals surface area contributed by atoms with Crippen LogP contribution in [0.2, 0.25) is 0 Å². The van der Waals surface area contributed by atoms with E-state index in [0.29, 0.717) is 13.1 Å². The van der Waals surface area contributed by atoms with E-state index in [1.165, 1.54) is 5.56 Å². The maximum absolute atomic E-state index is 12.6. The summed E-state index contributed by atoms with van der Waals surface area (Å²) in [7, 11) is 0. The van der Waals surface area contributed by atoms with Gasteiger partial charge in [-0.2, -0.15) is 0 Å². The van der Waals surface area contributed by atoms with Gasteiger partial charge in [-0.25, -0.2) is 0 Å². The summed E-state index contributed by atoms with van der Waals surface area (Å²) in [5.74, 6) is 0.176. The van der Waals surface area contributed by atoms with Crippen molar-refractivity contribution in [1.82, 2.24) is 20.4 Å². The predicted molar refractivity (Wildman–Crippen MR) is 106 cm³/mol. The molecule has 0 bridgehead atoms. The maximum atomic E-state index is 12.6. The Morgan fingerprint density at radius 2 is 1.52 bits per heavy atom. The first-order valence-electron chi connectivity index (χ1n) is 10.1. The minimum Gasteiger partial charge on any atom is -0.353 e. The molecule has 1 aliphatic carbocycles. The fraction of sp³-hybridized carbons (Fsp3) is 0.619. The lowest BCUT2D eigenvalue weighted by Gasteiger charge is -2.44. The van der Waals surface area contributed by atoms with Crippen LogP contribution in [0.1, 0.15) is 38.7 Å². The number of nitrogens with zero attached hydrogens (tertiary/aromatic N) is 2. The van der Waals surface area contributed by atoms with Crippen LogP contribution < -0.4 is 10.6 Å². The first-order chi connectivity index (χ1) is 13.0. The van der Waals surface area contributed by atoms with E-state index in [1.54, 1.807) is 0 Å². The monoisotopic (exact) mass is 372 g/mol. The number of carbonyl (C=O) groups excluding carboxylic acids is 2. The van der Waals surface area contributed by atoms with Crippen molar-refractivity contribution in [2.45, 2.75) is 44.7 Å². The lowest BCUT2D eigenvalue weighted by molar-refractivity contribution is -0.127. The summed E-state index contributed by atoms with van der Waals surface area (Å²) >= 11 is 0. The molecule has 6 nitrogen and oxygen atoms in total. The smallest absolute Gasteiger partial charge is 0.234 e. The van der Waals surface area contributed by atoms with Crippen molar-refractivity contribution in [3.63, 3.8) is 0 Å². The second-order valence-corrected chi connectivity index (χ2v) is 8.12. The molecule has 0 atom stereocenters. The molecule has 148 valence electrons. The fourth-order valence-corrected chi connectivity index (χ4v) is 3.96. The Hall–Kier alpha value is -1.92. The molecule has 6 heteroatoms. The second kappa shape index (κ2) is 8.85. The number of carbonyl (C=O) groups is 2. The molecule has 1 heterocycles. The Balaban J connectivity index is 1.44. The van der Waals surface area contributed by atoms with Gasteiger partial charge >= 0.3 is 0 Å². The van der Waals surface area contributed by atoms with Crippen LogP contribution in [0.3, 0.4) is 0 Å². The van der Waals surface area contributed by atoms with Gasteiger partial charge in [-0.15, -0.1) is 0 Å². The topological polar surface area (TPSA) is 64.7 Å². The van der Waals surface area contributed by atoms with Gasteiger partial charge in [0, 0.05) is 32.2 Å². The van der Waals surface area contributed by atoms with Crippen molar-refractivity contribution < 1.29 is 9.59 Å². The summed E-state index contributed by atoms with van der Waals surface area (Å²) in [5, 5.41) is 6.23. The lowest BCUT2D eigenvalue weighted by Crippen LogP contribution is -2.56. The van der Waals surface area contributed by atoms with Crippen LogP contribution in [-0.2, 0) is 15.1 Å². The van der Waals surface area contributed by atoms with Gasteiger partial charge in [0.1, 0.15) is 0 Å². The van der Waals surface area contributed by atoms with Gasteiger partial charge in [0.25, 0.3) is 0 Å². The van der Waals surface area contributed by atoms with Crippen molar-refractivity contribution in [2.75, 3.05) is 39.3 Å². The molecule has 1 aromatic rings. The lowest BCUT2D eigenvalue weighted by atomic mass is 9.72. The van der Waals surface area contributed by atoms with Gasteiger partial charge in [-0.3, -0.25) is 19.4 Å². The Labute approximate surface area is 162 Å². The molecule has 1 saturated carbocycles. The van der Waals surface area contributed by atoms with E-state index in [2.05, 4.69) is 32.6 Å². The quantitative estimate of drug-likeness (QED) is 0.758. The van der Waals surface area contributed by atoms with Crippen molar-refractivity contribution >= 4 is 11.8 Å². The van der Waals surface area contributed by atoms with Crippen LogP contribution in [0.25, 0.3) is 0 Å². The molecule has 2 N–H and O–H groups in total.